The standard InChI is InChI=1S/C18H19NO4/c1-3-17(18(21)22)13-4-8-15(9-5-13)23-16-10-6-14(7-11-16)19-12(2)20/h4-11,17H,3H2,1-2H3,(H,19,20)(H,21,22). The van der Waals surface area contributed by atoms with Crippen LogP contribution in [0.2, 0.25) is 0 Å². The van der Waals surface area contributed by atoms with Gasteiger partial charge in [0.25, 0.3) is 0 Å². The smallest absolute Gasteiger partial charge is 0.310 e. The lowest BCUT2D eigenvalue weighted by Crippen LogP contribution is -2.10. The Hall–Kier alpha value is -2.82. The molecule has 120 valence electrons. The van der Waals surface area contributed by atoms with Crippen molar-refractivity contribution < 1.29 is 19.4 Å². The van der Waals surface area contributed by atoms with Crippen LogP contribution in [0.15, 0.2) is 48.5 Å². The molecule has 1 atom stereocenters. The minimum absolute atomic E-state index is 0.127. The molecule has 0 aliphatic heterocycles. The van der Waals surface area contributed by atoms with Gasteiger partial charge < -0.3 is 15.2 Å². The van der Waals surface area contributed by atoms with Gasteiger partial charge in [0.05, 0.1) is 5.92 Å². The molecule has 0 aliphatic rings. The van der Waals surface area contributed by atoms with Crippen molar-refractivity contribution in [3.05, 3.63) is 54.1 Å². The Morgan fingerprint density at radius 3 is 2.00 bits per heavy atom. The summed E-state index contributed by atoms with van der Waals surface area (Å²) >= 11 is 0. The van der Waals surface area contributed by atoms with Gasteiger partial charge in [-0.15, -0.1) is 0 Å². The summed E-state index contributed by atoms with van der Waals surface area (Å²) in [7, 11) is 0. The molecular formula is C18H19NO4. The highest BCUT2D eigenvalue weighted by Crippen LogP contribution is 2.26. The van der Waals surface area contributed by atoms with Gasteiger partial charge in [-0.25, -0.2) is 0 Å². The van der Waals surface area contributed by atoms with Crippen LogP contribution in [0, 0.1) is 0 Å². The number of carboxylic acids is 1. The molecule has 0 spiro atoms. The Morgan fingerprint density at radius 1 is 1.04 bits per heavy atom. The van der Waals surface area contributed by atoms with E-state index in [2.05, 4.69) is 5.32 Å². The second kappa shape index (κ2) is 7.45. The summed E-state index contributed by atoms with van der Waals surface area (Å²) in [5, 5.41) is 11.8. The molecule has 2 aromatic rings. The third-order valence-electron chi connectivity index (χ3n) is 3.40. The molecule has 0 heterocycles. The fourth-order valence-corrected chi connectivity index (χ4v) is 2.27. The predicted molar refractivity (Wildman–Crippen MR) is 87.9 cm³/mol. The monoisotopic (exact) mass is 313 g/mol. The van der Waals surface area contributed by atoms with E-state index in [1.807, 2.05) is 6.92 Å². The number of carboxylic acid groups (broad SMARTS) is 1. The molecule has 5 heteroatoms. The van der Waals surface area contributed by atoms with Gasteiger partial charge in [-0.05, 0) is 48.4 Å². The van der Waals surface area contributed by atoms with Crippen molar-refractivity contribution in [2.45, 2.75) is 26.2 Å². The van der Waals surface area contributed by atoms with Gasteiger partial charge in [0.15, 0.2) is 0 Å². The molecule has 0 radical (unpaired) electrons. The Labute approximate surface area is 134 Å². The number of hydrogen-bond donors (Lipinski definition) is 2. The molecule has 0 saturated carbocycles. The van der Waals surface area contributed by atoms with Crippen LogP contribution in [-0.4, -0.2) is 17.0 Å². The molecule has 2 rings (SSSR count). The zero-order valence-electron chi connectivity index (χ0n) is 13.1. The largest absolute Gasteiger partial charge is 0.481 e. The number of nitrogens with one attached hydrogen (secondary N) is 1. The quantitative estimate of drug-likeness (QED) is 0.844. The molecule has 1 amide bonds. The summed E-state index contributed by atoms with van der Waals surface area (Å²) < 4.78 is 5.71. The van der Waals surface area contributed by atoms with E-state index in [1.54, 1.807) is 48.5 Å². The van der Waals surface area contributed by atoms with E-state index in [4.69, 9.17) is 9.84 Å². The molecule has 0 saturated heterocycles. The van der Waals surface area contributed by atoms with Gasteiger partial charge in [-0.3, -0.25) is 9.59 Å². The normalized spacial score (nSPS) is 11.6. The minimum atomic E-state index is -0.824. The summed E-state index contributed by atoms with van der Waals surface area (Å²) in [6.07, 6.45) is 0.542. The van der Waals surface area contributed by atoms with Crippen LogP contribution in [0.25, 0.3) is 0 Å². The lowest BCUT2D eigenvalue weighted by atomic mass is 9.97. The van der Waals surface area contributed by atoms with Gasteiger partial charge in [0.1, 0.15) is 11.5 Å². The number of ether oxygens (including phenoxy) is 1. The van der Waals surface area contributed by atoms with Gasteiger partial charge in [-0.2, -0.15) is 0 Å². The van der Waals surface area contributed by atoms with Crippen molar-refractivity contribution in [2.24, 2.45) is 0 Å². The second-order valence-electron chi connectivity index (χ2n) is 5.18. The van der Waals surface area contributed by atoms with Crippen LogP contribution >= 0.6 is 0 Å². The van der Waals surface area contributed by atoms with Gasteiger partial charge in [0, 0.05) is 12.6 Å². The van der Waals surface area contributed by atoms with Crippen molar-refractivity contribution >= 4 is 17.6 Å². The molecular weight excluding hydrogens is 294 g/mol. The average Bonchev–Trinajstić information content (AvgIpc) is 2.51. The molecule has 5 nitrogen and oxygen atoms in total. The second-order valence-corrected chi connectivity index (χ2v) is 5.18. The van der Waals surface area contributed by atoms with Crippen molar-refractivity contribution in [2.75, 3.05) is 5.32 Å². The highest BCUT2D eigenvalue weighted by atomic mass is 16.5. The van der Waals surface area contributed by atoms with Crippen molar-refractivity contribution in [1.82, 2.24) is 0 Å². The fraction of sp³-hybridized carbons (Fsp3) is 0.222. The number of amides is 1. The first-order valence-corrected chi connectivity index (χ1v) is 7.38. The van der Waals surface area contributed by atoms with Gasteiger partial charge in [0.2, 0.25) is 5.91 Å². The SMILES string of the molecule is CCC(C(=O)O)c1ccc(Oc2ccc(NC(C)=O)cc2)cc1. The lowest BCUT2D eigenvalue weighted by molar-refractivity contribution is -0.138. The molecule has 2 N–H and O–H groups in total. The summed E-state index contributed by atoms with van der Waals surface area (Å²) in [6.45, 7) is 3.30. The number of aliphatic carboxylic acids is 1. The lowest BCUT2D eigenvalue weighted by Gasteiger charge is -2.11. The number of anilines is 1. The van der Waals surface area contributed by atoms with Crippen LogP contribution < -0.4 is 10.1 Å². The third kappa shape index (κ3) is 4.57. The van der Waals surface area contributed by atoms with Crippen LogP contribution in [0.1, 0.15) is 31.7 Å². The first-order valence-electron chi connectivity index (χ1n) is 7.38. The summed E-state index contributed by atoms with van der Waals surface area (Å²) in [5.41, 5.74) is 1.46. The molecule has 0 aromatic heterocycles. The maximum Gasteiger partial charge on any atom is 0.310 e. The van der Waals surface area contributed by atoms with Crippen LogP contribution in [0.4, 0.5) is 5.69 Å². The topological polar surface area (TPSA) is 75.6 Å². The third-order valence-corrected chi connectivity index (χ3v) is 3.40. The molecule has 0 fully saturated rings. The van der Waals surface area contributed by atoms with Gasteiger partial charge in [-0.1, -0.05) is 19.1 Å². The number of rotatable bonds is 6. The number of carbonyl (C=O) groups is 2. The fourth-order valence-electron chi connectivity index (χ4n) is 2.27. The zero-order valence-corrected chi connectivity index (χ0v) is 13.1. The van der Waals surface area contributed by atoms with E-state index in [9.17, 15) is 9.59 Å². The minimum Gasteiger partial charge on any atom is -0.481 e. The number of hydrogen-bond acceptors (Lipinski definition) is 3. The van der Waals surface area contributed by atoms with Crippen molar-refractivity contribution in [3.8, 4) is 11.5 Å². The predicted octanol–water partition coefficient (Wildman–Crippen LogP) is 4.02. The van der Waals surface area contributed by atoms with Crippen LogP contribution in [0.3, 0.4) is 0 Å². The maximum absolute atomic E-state index is 11.2. The maximum atomic E-state index is 11.2. The van der Waals surface area contributed by atoms with Crippen LogP contribution in [0.5, 0.6) is 11.5 Å². The molecule has 0 aliphatic carbocycles. The number of benzene rings is 2. The first-order chi connectivity index (χ1) is 11.0. The van der Waals surface area contributed by atoms with E-state index < -0.39 is 11.9 Å². The van der Waals surface area contributed by atoms with E-state index in [0.717, 1.165) is 5.56 Å². The van der Waals surface area contributed by atoms with Crippen LogP contribution in [-0.2, 0) is 9.59 Å². The Morgan fingerprint density at radius 2 is 1.57 bits per heavy atom. The molecule has 1 unspecified atom stereocenters. The molecule has 0 bridgehead atoms. The zero-order chi connectivity index (χ0) is 16.8. The van der Waals surface area contributed by atoms with E-state index >= 15 is 0 Å². The highest BCUT2D eigenvalue weighted by molar-refractivity contribution is 5.88. The van der Waals surface area contributed by atoms with Crippen molar-refractivity contribution in [3.63, 3.8) is 0 Å². The number of carbonyl (C=O) groups excluding carboxylic acids is 1. The average molecular weight is 313 g/mol. The summed E-state index contributed by atoms with van der Waals surface area (Å²) in [5.74, 6) is -0.188. The Kier molecular flexibility index (Phi) is 5.36. The molecule has 23 heavy (non-hydrogen) atoms. The van der Waals surface area contributed by atoms with Gasteiger partial charge >= 0.3 is 5.97 Å². The Balaban J connectivity index is 2.06. The Bertz CT molecular complexity index is 677. The van der Waals surface area contributed by atoms with E-state index in [0.29, 0.717) is 23.6 Å². The summed E-state index contributed by atoms with van der Waals surface area (Å²) in [4.78, 5) is 22.1. The molecule has 2 aromatic carbocycles. The van der Waals surface area contributed by atoms with E-state index in [-0.39, 0.29) is 5.91 Å². The summed E-state index contributed by atoms with van der Waals surface area (Å²) in [6, 6.07) is 14.1. The van der Waals surface area contributed by atoms with E-state index in [1.165, 1.54) is 6.92 Å². The first kappa shape index (κ1) is 16.5. The highest BCUT2D eigenvalue weighted by Gasteiger charge is 2.17. The van der Waals surface area contributed by atoms with Crippen molar-refractivity contribution in [1.29, 1.82) is 0 Å².